The van der Waals surface area contributed by atoms with Gasteiger partial charge in [0, 0.05) is 47.8 Å². The Balaban J connectivity index is 1.20. The lowest BCUT2D eigenvalue weighted by Crippen LogP contribution is -2.35. The number of aliphatic imine (C=N–C) groups is 1. The standard InChI is InChI=1S/C25H22ClN7O3/c1-14(34)15-2-4-17(5-3-15)31-25(36)33-9-8-19(13-33)29-22-21(26)12-28-24(32-22)30-18-6-7-20-16(10-18)11-27-23(20)35/h2-7,10-12,19H,8-9,13H2,1H3,(H,31,36)(H2,28,29,30,32). The van der Waals surface area contributed by atoms with Crippen LogP contribution in [-0.4, -0.2) is 57.9 Å². The van der Waals surface area contributed by atoms with Gasteiger partial charge in [-0.05, 0) is 55.8 Å². The van der Waals surface area contributed by atoms with Crippen LogP contribution in [-0.2, 0) is 0 Å². The average Bonchev–Trinajstić information content (AvgIpc) is 3.48. The predicted molar refractivity (Wildman–Crippen MR) is 138 cm³/mol. The van der Waals surface area contributed by atoms with E-state index in [0.717, 1.165) is 12.0 Å². The van der Waals surface area contributed by atoms with Gasteiger partial charge in [-0.2, -0.15) is 4.98 Å². The van der Waals surface area contributed by atoms with Crippen molar-refractivity contribution in [2.45, 2.75) is 19.4 Å². The first kappa shape index (κ1) is 23.4. The van der Waals surface area contributed by atoms with Crippen molar-refractivity contribution >= 4 is 58.7 Å². The molecule has 3 heterocycles. The van der Waals surface area contributed by atoms with E-state index in [1.54, 1.807) is 47.4 Å². The smallest absolute Gasteiger partial charge is 0.321 e. The number of halogens is 1. The zero-order chi connectivity index (χ0) is 25.2. The van der Waals surface area contributed by atoms with E-state index >= 15 is 0 Å². The molecule has 0 radical (unpaired) electrons. The lowest BCUT2D eigenvalue weighted by molar-refractivity contribution is 0.100. The van der Waals surface area contributed by atoms with E-state index in [4.69, 9.17) is 11.6 Å². The van der Waals surface area contributed by atoms with Gasteiger partial charge in [0.1, 0.15) is 5.02 Å². The second-order valence-electron chi connectivity index (χ2n) is 8.52. The van der Waals surface area contributed by atoms with Crippen LogP contribution in [0.5, 0.6) is 0 Å². The molecule has 10 nitrogen and oxygen atoms in total. The fraction of sp³-hybridized carbons (Fsp3) is 0.200. The molecule has 1 saturated heterocycles. The minimum atomic E-state index is -0.254. The van der Waals surface area contributed by atoms with Crippen LogP contribution in [0.15, 0.2) is 53.7 Å². The molecule has 36 heavy (non-hydrogen) atoms. The summed E-state index contributed by atoms with van der Waals surface area (Å²) < 4.78 is 0. The highest BCUT2D eigenvalue weighted by atomic mass is 35.5. The number of nitrogens with zero attached hydrogens (tertiary/aromatic N) is 4. The normalized spacial score (nSPS) is 16.1. The van der Waals surface area contributed by atoms with Gasteiger partial charge in [0.25, 0.3) is 5.91 Å². The Morgan fingerprint density at radius 2 is 1.89 bits per heavy atom. The van der Waals surface area contributed by atoms with Crippen molar-refractivity contribution in [2.75, 3.05) is 29.0 Å². The summed E-state index contributed by atoms with van der Waals surface area (Å²) in [6.07, 6.45) is 3.75. The van der Waals surface area contributed by atoms with Crippen molar-refractivity contribution < 1.29 is 14.4 Å². The Labute approximate surface area is 211 Å². The summed E-state index contributed by atoms with van der Waals surface area (Å²) in [5.41, 5.74) is 3.22. The van der Waals surface area contributed by atoms with Crippen LogP contribution in [0.1, 0.15) is 39.6 Å². The van der Waals surface area contributed by atoms with Crippen LogP contribution in [0, 0.1) is 0 Å². The summed E-state index contributed by atoms with van der Waals surface area (Å²) in [6, 6.07) is 11.8. The molecule has 3 aromatic rings. The number of Topliss-reactive ketones (excluding diaryl/α,β-unsaturated/α-hetero) is 1. The van der Waals surface area contributed by atoms with Crippen molar-refractivity contribution in [2.24, 2.45) is 4.99 Å². The second kappa shape index (κ2) is 9.74. The van der Waals surface area contributed by atoms with Crippen molar-refractivity contribution in [3.05, 3.63) is 70.4 Å². The lowest BCUT2D eigenvalue weighted by atomic mass is 10.1. The van der Waals surface area contributed by atoms with E-state index in [-0.39, 0.29) is 23.8 Å². The topological polar surface area (TPSA) is 129 Å². The summed E-state index contributed by atoms with van der Waals surface area (Å²) in [5.74, 6) is 0.515. The number of likely N-dealkylation sites (tertiary alicyclic amines) is 1. The van der Waals surface area contributed by atoms with Gasteiger partial charge in [0.05, 0.1) is 11.8 Å². The zero-order valence-corrected chi connectivity index (χ0v) is 20.0. The van der Waals surface area contributed by atoms with Crippen LogP contribution in [0.3, 0.4) is 0 Å². The van der Waals surface area contributed by atoms with E-state index < -0.39 is 0 Å². The van der Waals surface area contributed by atoms with E-state index in [9.17, 15) is 14.4 Å². The molecule has 2 aromatic carbocycles. The molecule has 1 unspecified atom stereocenters. The highest BCUT2D eigenvalue weighted by Crippen LogP contribution is 2.26. The maximum absolute atomic E-state index is 12.7. The first-order valence-electron chi connectivity index (χ1n) is 11.3. The number of urea groups is 1. The summed E-state index contributed by atoms with van der Waals surface area (Å²) in [5, 5.41) is 9.64. The van der Waals surface area contributed by atoms with Gasteiger partial charge in [-0.15, -0.1) is 0 Å². The number of benzene rings is 2. The number of carbonyl (C=O) groups excluding carboxylic acids is 3. The molecule has 2 aliphatic rings. The minimum Gasteiger partial charge on any atom is -0.364 e. The van der Waals surface area contributed by atoms with E-state index in [0.29, 0.717) is 52.4 Å². The molecule has 0 spiro atoms. The van der Waals surface area contributed by atoms with Gasteiger partial charge in [-0.3, -0.25) is 9.59 Å². The van der Waals surface area contributed by atoms with Gasteiger partial charge in [-0.1, -0.05) is 11.6 Å². The highest BCUT2D eigenvalue weighted by Gasteiger charge is 2.27. The van der Waals surface area contributed by atoms with Gasteiger partial charge >= 0.3 is 6.03 Å². The maximum atomic E-state index is 12.7. The Bertz CT molecular complexity index is 1390. The predicted octanol–water partition coefficient (Wildman–Crippen LogP) is 4.37. The molecular formula is C25H22ClN7O3. The van der Waals surface area contributed by atoms with E-state index in [1.807, 2.05) is 0 Å². The SMILES string of the molecule is CC(=O)c1ccc(NC(=O)N2CCC(Nc3nc(Nc4ccc5c(c4)C=NC5=O)ncc3Cl)C2)cc1. The molecule has 5 rings (SSSR count). The highest BCUT2D eigenvalue weighted by molar-refractivity contribution is 6.32. The van der Waals surface area contributed by atoms with Gasteiger partial charge < -0.3 is 20.9 Å². The van der Waals surface area contributed by atoms with Crippen molar-refractivity contribution in [1.82, 2.24) is 14.9 Å². The fourth-order valence-corrected chi connectivity index (χ4v) is 4.19. The third-order valence-corrected chi connectivity index (χ3v) is 6.24. The molecule has 2 aliphatic heterocycles. The van der Waals surface area contributed by atoms with Crippen molar-refractivity contribution in [1.29, 1.82) is 0 Å². The van der Waals surface area contributed by atoms with Crippen LogP contribution in [0.4, 0.5) is 27.9 Å². The first-order valence-corrected chi connectivity index (χ1v) is 11.7. The van der Waals surface area contributed by atoms with Crippen LogP contribution in [0.25, 0.3) is 0 Å². The molecule has 182 valence electrons. The third-order valence-electron chi connectivity index (χ3n) is 5.96. The van der Waals surface area contributed by atoms with Crippen molar-refractivity contribution in [3.8, 4) is 0 Å². The number of fused-ring (bicyclic) bond motifs is 1. The van der Waals surface area contributed by atoms with Crippen LogP contribution >= 0.6 is 11.6 Å². The molecule has 0 bridgehead atoms. The molecular weight excluding hydrogens is 482 g/mol. The Hall–Kier alpha value is -4.31. The summed E-state index contributed by atoms with van der Waals surface area (Å²) in [4.78, 5) is 50.0. The van der Waals surface area contributed by atoms with E-state index in [2.05, 4.69) is 30.9 Å². The zero-order valence-electron chi connectivity index (χ0n) is 19.3. The molecule has 3 amide bonds. The molecule has 1 fully saturated rings. The second-order valence-corrected chi connectivity index (χ2v) is 8.93. The summed E-state index contributed by atoms with van der Waals surface area (Å²) >= 11 is 6.32. The number of amides is 3. The average molecular weight is 504 g/mol. The first-order chi connectivity index (χ1) is 17.4. The number of hydrogen-bond acceptors (Lipinski definition) is 7. The van der Waals surface area contributed by atoms with Crippen molar-refractivity contribution in [3.63, 3.8) is 0 Å². The number of rotatable bonds is 6. The molecule has 1 atom stereocenters. The molecule has 1 aromatic heterocycles. The summed E-state index contributed by atoms with van der Waals surface area (Å²) in [6.45, 7) is 2.54. The molecule has 0 aliphatic carbocycles. The largest absolute Gasteiger partial charge is 0.364 e. The quantitative estimate of drug-likeness (QED) is 0.426. The van der Waals surface area contributed by atoms with Gasteiger partial charge in [0.2, 0.25) is 5.95 Å². The third kappa shape index (κ3) is 5.03. The van der Waals surface area contributed by atoms with E-state index in [1.165, 1.54) is 19.3 Å². The number of anilines is 4. The maximum Gasteiger partial charge on any atom is 0.321 e. The Morgan fingerprint density at radius 1 is 1.11 bits per heavy atom. The fourth-order valence-electron chi connectivity index (χ4n) is 4.04. The van der Waals surface area contributed by atoms with Gasteiger partial charge in [-0.25, -0.2) is 14.8 Å². The minimum absolute atomic E-state index is 0.0266. The lowest BCUT2D eigenvalue weighted by Gasteiger charge is -2.19. The number of hydrogen-bond donors (Lipinski definition) is 3. The number of carbonyl (C=O) groups is 3. The molecule has 11 heteroatoms. The number of nitrogens with one attached hydrogen (secondary N) is 3. The monoisotopic (exact) mass is 503 g/mol. The molecule has 0 saturated carbocycles. The number of aromatic nitrogens is 2. The number of ketones is 1. The van der Waals surface area contributed by atoms with Crippen LogP contribution < -0.4 is 16.0 Å². The molecule has 3 N–H and O–H groups in total. The van der Waals surface area contributed by atoms with Gasteiger partial charge in [0.15, 0.2) is 11.6 Å². The summed E-state index contributed by atoms with van der Waals surface area (Å²) in [7, 11) is 0. The van der Waals surface area contributed by atoms with Crippen LogP contribution in [0.2, 0.25) is 5.02 Å². The Kier molecular flexibility index (Phi) is 6.34. The Morgan fingerprint density at radius 3 is 2.67 bits per heavy atom.